The van der Waals surface area contributed by atoms with Crippen molar-refractivity contribution >= 4 is 15.9 Å². The van der Waals surface area contributed by atoms with Gasteiger partial charge in [0, 0.05) is 17.6 Å². The Bertz CT molecular complexity index is 405. The first-order valence-electron chi connectivity index (χ1n) is 5.31. The van der Waals surface area contributed by atoms with E-state index in [1.54, 1.807) is 0 Å². The summed E-state index contributed by atoms with van der Waals surface area (Å²) in [7, 11) is 0. The lowest BCUT2D eigenvalue weighted by molar-refractivity contribution is 0.445. The van der Waals surface area contributed by atoms with Gasteiger partial charge < -0.3 is 5.32 Å². The van der Waals surface area contributed by atoms with Crippen LogP contribution < -0.4 is 5.32 Å². The molecule has 0 heterocycles. The first kappa shape index (κ1) is 13.2. The highest BCUT2D eigenvalue weighted by atomic mass is 79.9. The van der Waals surface area contributed by atoms with Crippen molar-refractivity contribution in [1.29, 1.82) is 5.26 Å². The summed E-state index contributed by atoms with van der Waals surface area (Å²) in [5.41, 5.74) is 2.16. The van der Waals surface area contributed by atoms with Gasteiger partial charge in [0.25, 0.3) is 0 Å². The van der Waals surface area contributed by atoms with E-state index >= 15 is 0 Å². The molecule has 1 N–H and O–H groups in total. The lowest BCUT2D eigenvalue weighted by Crippen LogP contribution is -2.27. The van der Waals surface area contributed by atoms with E-state index in [0.29, 0.717) is 6.54 Å². The van der Waals surface area contributed by atoms with Gasteiger partial charge in [-0.25, -0.2) is 0 Å². The molecule has 1 aromatic rings. The highest BCUT2D eigenvalue weighted by Crippen LogP contribution is 2.18. The molecule has 0 saturated carbocycles. The summed E-state index contributed by atoms with van der Waals surface area (Å²) in [5.74, 6) is 0. The highest BCUT2D eigenvalue weighted by Gasteiger charge is 2.15. The quantitative estimate of drug-likeness (QED) is 0.918. The molecule has 0 fully saturated rings. The maximum Gasteiger partial charge on any atom is 0.0697 e. The predicted molar refractivity (Wildman–Crippen MR) is 70.0 cm³/mol. The average molecular weight is 281 g/mol. The summed E-state index contributed by atoms with van der Waals surface area (Å²) in [6.07, 6.45) is 0. The van der Waals surface area contributed by atoms with Gasteiger partial charge in [-0.15, -0.1) is 0 Å². The maximum atomic E-state index is 8.88. The van der Waals surface area contributed by atoms with Gasteiger partial charge in [0.05, 0.1) is 11.5 Å². The van der Waals surface area contributed by atoms with Gasteiger partial charge in [-0.2, -0.15) is 5.26 Å². The van der Waals surface area contributed by atoms with E-state index < -0.39 is 0 Å². The van der Waals surface area contributed by atoms with Crippen LogP contribution in [-0.4, -0.2) is 6.54 Å². The van der Waals surface area contributed by atoms with Gasteiger partial charge in [0.2, 0.25) is 0 Å². The molecule has 0 spiro atoms. The van der Waals surface area contributed by atoms with Crippen LogP contribution in [0.3, 0.4) is 0 Å². The second-order valence-electron chi connectivity index (χ2n) is 4.69. The lowest BCUT2D eigenvalue weighted by Gasteiger charge is -2.16. The molecule has 2 nitrogen and oxygen atoms in total. The molecule has 0 bridgehead atoms. The topological polar surface area (TPSA) is 35.8 Å². The summed E-state index contributed by atoms with van der Waals surface area (Å²) < 4.78 is 1.12. The Balaban J connectivity index is 2.53. The monoisotopic (exact) mass is 280 g/mol. The second-order valence-corrected chi connectivity index (χ2v) is 5.55. The third-order valence-corrected chi connectivity index (χ3v) is 3.13. The van der Waals surface area contributed by atoms with Gasteiger partial charge in [0.15, 0.2) is 0 Å². The zero-order valence-electron chi connectivity index (χ0n) is 9.97. The van der Waals surface area contributed by atoms with E-state index in [1.807, 2.05) is 13.8 Å². The van der Waals surface area contributed by atoms with E-state index in [-0.39, 0.29) is 5.41 Å². The summed E-state index contributed by atoms with van der Waals surface area (Å²) in [6.45, 7) is 7.42. The molecule has 0 amide bonds. The first-order valence-corrected chi connectivity index (χ1v) is 6.11. The summed E-state index contributed by atoms with van der Waals surface area (Å²) in [5, 5.41) is 12.2. The Morgan fingerprint density at radius 3 is 2.69 bits per heavy atom. The van der Waals surface area contributed by atoms with Crippen LogP contribution in [0.4, 0.5) is 0 Å². The Kier molecular flexibility index (Phi) is 4.52. The van der Waals surface area contributed by atoms with Gasteiger partial charge in [0.1, 0.15) is 0 Å². The molecule has 86 valence electrons. The van der Waals surface area contributed by atoms with E-state index in [2.05, 4.69) is 52.4 Å². The molecule has 0 saturated heterocycles. The summed E-state index contributed by atoms with van der Waals surface area (Å²) in [4.78, 5) is 0. The smallest absolute Gasteiger partial charge is 0.0697 e. The minimum atomic E-state index is -0.308. The predicted octanol–water partition coefficient (Wildman–Crippen LogP) is 3.40. The lowest BCUT2D eigenvalue weighted by atomic mass is 9.96. The van der Waals surface area contributed by atoms with Gasteiger partial charge in [-0.05, 0) is 38.0 Å². The second kappa shape index (κ2) is 5.47. The Hall–Kier alpha value is -0.850. The Labute approximate surface area is 106 Å². The third-order valence-electron chi connectivity index (χ3n) is 2.39. The number of aryl methyl sites for hydroxylation is 1. The van der Waals surface area contributed by atoms with Crippen LogP contribution in [0, 0.1) is 23.7 Å². The maximum absolute atomic E-state index is 8.88. The van der Waals surface area contributed by atoms with Crippen LogP contribution in [0.15, 0.2) is 22.7 Å². The van der Waals surface area contributed by atoms with Crippen molar-refractivity contribution in [3.05, 3.63) is 33.8 Å². The van der Waals surface area contributed by atoms with Gasteiger partial charge >= 0.3 is 0 Å². The zero-order chi connectivity index (χ0) is 12.2. The molecule has 0 radical (unpaired) electrons. The Morgan fingerprint density at radius 1 is 1.44 bits per heavy atom. The molecule has 3 heteroatoms. The Morgan fingerprint density at radius 2 is 2.12 bits per heavy atom. The van der Waals surface area contributed by atoms with E-state index in [0.717, 1.165) is 11.0 Å². The SMILES string of the molecule is Cc1ccc(CNCC(C)(C)C#N)c(Br)c1. The van der Waals surface area contributed by atoms with Crippen molar-refractivity contribution in [3.8, 4) is 6.07 Å². The number of nitrogens with one attached hydrogen (secondary N) is 1. The number of hydrogen-bond donors (Lipinski definition) is 1. The van der Waals surface area contributed by atoms with Crippen molar-refractivity contribution in [3.63, 3.8) is 0 Å². The fourth-order valence-electron chi connectivity index (χ4n) is 1.34. The molecular formula is C13H17BrN2. The van der Waals surface area contributed by atoms with Crippen molar-refractivity contribution in [2.75, 3.05) is 6.54 Å². The number of halogens is 1. The van der Waals surface area contributed by atoms with Crippen molar-refractivity contribution in [2.24, 2.45) is 5.41 Å². The van der Waals surface area contributed by atoms with Crippen LogP contribution in [0.5, 0.6) is 0 Å². The van der Waals surface area contributed by atoms with Crippen LogP contribution in [-0.2, 0) is 6.54 Å². The van der Waals surface area contributed by atoms with Crippen molar-refractivity contribution in [1.82, 2.24) is 5.32 Å². The molecule has 1 rings (SSSR count). The molecule has 0 aromatic heterocycles. The fraction of sp³-hybridized carbons (Fsp3) is 0.462. The van der Waals surface area contributed by atoms with E-state index in [9.17, 15) is 0 Å². The molecule has 0 aliphatic carbocycles. The van der Waals surface area contributed by atoms with Crippen LogP contribution in [0.1, 0.15) is 25.0 Å². The first-order chi connectivity index (χ1) is 7.44. The number of benzene rings is 1. The van der Waals surface area contributed by atoms with Gasteiger partial charge in [-0.3, -0.25) is 0 Å². The number of nitrogens with zero attached hydrogens (tertiary/aromatic N) is 1. The van der Waals surface area contributed by atoms with E-state index in [1.165, 1.54) is 11.1 Å². The fourth-order valence-corrected chi connectivity index (χ4v) is 1.98. The summed E-state index contributed by atoms with van der Waals surface area (Å²) in [6, 6.07) is 8.58. The highest BCUT2D eigenvalue weighted by molar-refractivity contribution is 9.10. The number of nitriles is 1. The molecule has 0 aliphatic rings. The van der Waals surface area contributed by atoms with Crippen LogP contribution in [0.2, 0.25) is 0 Å². The largest absolute Gasteiger partial charge is 0.311 e. The molecule has 0 unspecified atom stereocenters. The molecule has 16 heavy (non-hydrogen) atoms. The summed E-state index contributed by atoms with van der Waals surface area (Å²) >= 11 is 3.54. The van der Waals surface area contributed by atoms with Crippen molar-refractivity contribution in [2.45, 2.75) is 27.3 Å². The van der Waals surface area contributed by atoms with Crippen LogP contribution in [0.25, 0.3) is 0 Å². The minimum absolute atomic E-state index is 0.308. The zero-order valence-corrected chi connectivity index (χ0v) is 11.6. The number of hydrogen-bond acceptors (Lipinski definition) is 2. The molecule has 1 aromatic carbocycles. The number of rotatable bonds is 4. The normalized spacial score (nSPS) is 11.2. The van der Waals surface area contributed by atoms with Gasteiger partial charge in [-0.1, -0.05) is 28.1 Å². The standard InChI is InChI=1S/C13H17BrN2/c1-10-4-5-11(12(14)6-10)7-16-9-13(2,3)8-15/h4-6,16H,7,9H2,1-3H3. The molecule has 0 atom stereocenters. The molecular weight excluding hydrogens is 264 g/mol. The minimum Gasteiger partial charge on any atom is -0.311 e. The average Bonchev–Trinajstić information content (AvgIpc) is 2.21. The third kappa shape index (κ3) is 3.96. The van der Waals surface area contributed by atoms with Crippen molar-refractivity contribution < 1.29 is 0 Å². The molecule has 0 aliphatic heterocycles. The van der Waals surface area contributed by atoms with Crippen LogP contribution >= 0.6 is 15.9 Å². The van der Waals surface area contributed by atoms with E-state index in [4.69, 9.17) is 5.26 Å².